The number of amides is 1. The van der Waals surface area contributed by atoms with Crippen LogP contribution in [0.5, 0.6) is 5.75 Å². The highest BCUT2D eigenvalue weighted by atomic mass is 32.2. The Bertz CT molecular complexity index is 1070. The van der Waals surface area contributed by atoms with Gasteiger partial charge < -0.3 is 10.1 Å². The number of hydrogen-bond donors (Lipinski definition) is 2. The second-order valence-electron chi connectivity index (χ2n) is 5.38. The monoisotopic (exact) mass is 425 g/mol. The lowest BCUT2D eigenvalue weighted by Crippen LogP contribution is -2.20. The van der Waals surface area contributed by atoms with Crippen molar-refractivity contribution in [3.8, 4) is 5.75 Å². The molecule has 28 heavy (non-hydrogen) atoms. The fraction of sp³-hybridized carbons (Fsp3) is 0.0588. The third-order valence-corrected chi connectivity index (χ3v) is 5.54. The van der Waals surface area contributed by atoms with E-state index in [-0.39, 0.29) is 15.8 Å². The van der Waals surface area contributed by atoms with E-state index in [2.05, 4.69) is 15.0 Å². The predicted octanol–water partition coefficient (Wildman–Crippen LogP) is 3.24. The minimum atomic E-state index is -3.79. The van der Waals surface area contributed by atoms with Crippen molar-refractivity contribution in [1.29, 1.82) is 0 Å². The topological polar surface area (TPSA) is 97.4 Å². The Morgan fingerprint density at radius 3 is 2.50 bits per heavy atom. The van der Waals surface area contributed by atoms with Gasteiger partial charge in [0.05, 0.1) is 4.90 Å². The van der Waals surface area contributed by atoms with Gasteiger partial charge in [0.2, 0.25) is 0 Å². The molecule has 7 nitrogen and oxygen atoms in total. The molecule has 3 aromatic rings. The molecule has 0 radical (unpaired) electrons. The molecule has 0 spiro atoms. The smallest absolute Gasteiger partial charge is 0.263 e. The van der Waals surface area contributed by atoms with Crippen molar-refractivity contribution in [1.82, 2.24) is 4.98 Å². The van der Waals surface area contributed by atoms with Gasteiger partial charge >= 0.3 is 0 Å². The zero-order chi connectivity index (χ0) is 20.1. The number of hydrogen-bond acceptors (Lipinski definition) is 6. The molecule has 1 aromatic heterocycles. The van der Waals surface area contributed by atoms with Crippen LogP contribution in [0.1, 0.15) is 0 Å². The van der Waals surface area contributed by atoms with Crippen molar-refractivity contribution < 1.29 is 26.7 Å². The number of carbonyl (C=O) groups is 1. The van der Waals surface area contributed by atoms with E-state index in [1.165, 1.54) is 36.5 Å². The van der Waals surface area contributed by atoms with Crippen LogP contribution in [0.3, 0.4) is 0 Å². The molecule has 1 amide bonds. The molecule has 0 fully saturated rings. The molecule has 11 heteroatoms. The van der Waals surface area contributed by atoms with E-state index in [9.17, 15) is 22.0 Å². The highest BCUT2D eigenvalue weighted by Gasteiger charge is 2.15. The van der Waals surface area contributed by atoms with E-state index in [0.717, 1.165) is 23.5 Å². The van der Waals surface area contributed by atoms with Crippen LogP contribution < -0.4 is 14.8 Å². The van der Waals surface area contributed by atoms with E-state index in [1.54, 1.807) is 5.38 Å². The van der Waals surface area contributed by atoms with Gasteiger partial charge in [-0.3, -0.25) is 9.52 Å². The molecule has 0 saturated heterocycles. The van der Waals surface area contributed by atoms with Crippen LogP contribution in [-0.2, 0) is 14.8 Å². The van der Waals surface area contributed by atoms with E-state index >= 15 is 0 Å². The summed E-state index contributed by atoms with van der Waals surface area (Å²) in [5.41, 5.74) is 0.340. The lowest BCUT2D eigenvalue weighted by Gasteiger charge is -2.09. The normalized spacial score (nSPS) is 11.1. The van der Waals surface area contributed by atoms with Gasteiger partial charge in [-0.15, -0.1) is 11.3 Å². The summed E-state index contributed by atoms with van der Waals surface area (Å²) in [5, 5.41) is 4.39. The maximum atomic E-state index is 13.1. The molecule has 0 aliphatic carbocycles. The van der Waals surface area contributed by atoms with Crippen molar-refractivity contribution in [2.75, 3.05) is 16.6 Å². The fourth-order valence-electron chi connectivity index (χ4n) is 2.08. The highest BCUT2D eigenvalue weighted by molar-refractivity contribution is 7.93. The van der Waals surface area contributed by atoms with Crippen LogP contribution in [0.15, 0.2) is 58.9 Å². The number of anilines is 2. The largest absolute Gasteiger partial charge is 0.484 e. The molecule has 3 rings (SSSR count). The minimum absolute atomic E-state index is 0.00117. The van der Waals surface area contributed by atoms with Crippen LogP contribution in [0, 0.1) is 11.6 Å². The van der Waals surface area contributed by atoms with Crippen LogP contribution in [0.25, 0.3) is 0 Å². The van der Waals surface area contributed by atoms with Gasteiger partial charge in [0.1, 0.15) is 5.75 Å². The quantitative estimate of drug-likeness (QED) is 0.606. The first-order valence-corrected chi connectivity index (χ1v) is 10.1. The Hall–Kier alpha value is -3.05. The summed E-state index contributed by atoms with van der Waals surface area (Å²) in [6.07, 6.45) is 1.48. The molecule has 146 valence electrons. The number of halogens is 2. The van der Waals surface area contributed by atoms with Crippen LogP contribution in [0.4, 0.5) is 19.6 Å². The van der Waals surface area contributed by atoms with E-state index in [4.69, 9.17) is 4.74 Å². The Morgan fingerprint density at radius 1 is 1.11 bits per heavy atom. The number of thiazole rings is 1. The van der Waals surface area contributed by atoms with Gasteiger partial charge in [-0.2, -0.15) is 0 Å². The number of rotatable bonds is 7. The van der Waals surface area contributed by atoms with Gasteiger partial charge in [-0.1, -0.05) is 0 Å². The average molecular weight is 425 g/mol. The maximum Gasteiger partial charge on any atom is 0.263 e. The first kappa shape index (κ1) is 19.7. The van der Waals surface area contributed by atoms with Crippen molar-refractivity contribution in [2.24, 2.45) is 0 Å². The van der Waals surface area contributed by atoms with Crippen LogP contribution >= 0.6 is 11.3 Å². The van der Waals surface area contributed by atoms with Crippen molar-refractivity contribution in [2.45, 2.75) is 4.90 Å². The summed E-state index contributed by atoms with van der Waals surface area (Å²) in [6, 6.07) is 8.38. The number of aromatic nitrogens is 1. The zero-order valence-corrected chi connectivity index (χ0v) is 15.7. The number of ether oxygens (including phenoxy) is 1. The second kappa shape index (κ2) is 8.31. The Balaban J connectivity index is 1.57. The summed E-state index contributed by atoms with van der Waals surface area (Å²) < 4.78 is 57.8. The number of nitrogens with zero attached hydrogens (tertiary/aromatic N) is 1. The van der Waals surface area contributed by atoms with Crippen LogP contribution in [0.2, 0.25) is 0 Å². The van der Waals surface area contributed by atoms with Crippen molar-refractivity contribution >= 4 is 38.1 Å². The van der Waals surface area contributed by atoms with Crippen LogP contribution in [-0.4, -0.2) is 25.9 Å². The Morgan fingerprint density at radius 2 is 1.86 bits per heavy atom. The van der Waals surface area contributed by atoms with Crippen molar-refractivity contribution in [3.63, 3.8) is 0 Å². The summed E-state index contributed by atoms with van der Waals surface area (Å²) in [5.74, 6) is -2.65. The zero-order valence-electron chi connectivity index (χ0n) is 14.1. The molecule has 0 atom stereocenters. The second-order valence-corrected chi connectivity index (χ2v) is 7.96. The molecule has 2 aromatic carbocycles. The minimum Gasteiger partial charge on any atom is -0.484 e. The molecule has 0 saturated carbocycles. The summed E-state index contributed by atoms with van der Waals surface area (Å²) in [4.78, 5) is 15.7. The lowest BCUT2D eigenvalue weighted by atomic mass is 10.3. The standard InChI is InChI=1S/C17H13F2N3O4S2/c18-14-6-3-12(9-15(14)19)26-10-16(23)21-11-1-4-13(5-2-11)28(24,25)22-17-20-7-8-27-17/h1-9H,10H2,(H,20,22)(H,21,23). The van der Waals surface area contributed by atoms with Gasteiger partial charge in [-0.05, 0) is 36.4 Å². The Kier molecular flexibility index (Phi) is 5.85. The number of nitrogens with one attached hydrogen (secondary N) is 2. The number of sulfonamides is 1. The van der Waals surface area contributed by atoms with E-state index in [0.29, 0.717) is 5.69 Å². The molecule has 2 N–H and O–H groups in total. The van der Waals surface area contributed by atoms with Gasteiger partial charge in [0.25, 0.3) is 15.9 Å². The molecule has 1 heterocycles. The lowest BCUT2D eigenvalue weighted by molar-refractivity contribution is -0.118. The molecule has 0 unspecified atom stereocenters. The first-order chi connectivity index (χ1) is 13.3. The van der Waals surface area contributed by atoms with E-state index < -0.39 is 34.2 Å². The number of carbonyl (C=O) groups excluding carboxylic acids is 1. The highest BCUT2D eigenvalue weighted by Crippen LogP contribution is 2.20. The van der Waals surface area contributed by atoms with Gasteiger partial charge in [0, 0.05) is 23.3 Å². The predicted molar refractivity (Wildman–Crippen MR) is 99.8 cm³/mol. The summed E-state index contributed by atoms with van der Waals surface area (Å²) in [6.45, 7) is -0.434. The van der Waals surface area contributed by atoms with Crippen molar-refractivity contribution in [3.05, 3.63) is 65.7 Å². The average Bonchev–Trinajstić information content (AvgIpc) is 3.15. The molecule has 0 bridgehead atoms. The summed E-state index contributed by atoms with van der Waals surface area (Å²) in [7, 11) is -3.79. The SMILES string of the molecule is O=C(COc1ccc(F)c(F)c1)Nc1ccc(S(=O)(=O)Nc2nccs2)cc1. The van der Waals surface area contributed by atoms with Gasteiger partial charge in [-0.25, -0.2) is 22.2 Å². The maximum absolute atomic E-state index is 13.1. The molecular formula is C17H13F2N3O4S2. The third kappa shape index (κ3) is 5.02. The molecule has 0 aliphatic heterocycles. The van der Waals surface area contributed by atoms with E-state index in [1.807, 2.05) is 0 Å². The molecule has 0 aliphatic rings. The first-order valence-electron chi connectivity index (χ1n) is 7.73. The van der Waals surface area contributed by atoms with Gasteiger partial charge in [0.15, 0.2) is 23.4 Å². The fourth-order valence-corrected chi connectivity index (χ4v) is 3.87. The molecular weight excluding hydrogens is 412 g/mol. The number of benzene rings is 2. The third-order valence-electron chi connectivity index (χ3n) is 3.36. The Labute approximate surface area is 163 Å². The summed E-state index contributed by atoms with van der Waals surface area (Å²) >= 11 is 1.14.